The predicted molar refractivity (Wildman–Crippen MR) is 121 cm³/mol. The molecule has 2 aromatic carbocycles. The molecule has 0 atom stereocenters. The van der Waals surface area contributed by atoms with Crippen molar-refractivity contribution in [2.24, 2.45) is 10.2 Å². The molecule has 2 aromatic rings. The van der Waals surface area contributed by atoms with Crippen molar-refractivity contribution in [2.75, 3.05) is 0 Å². The summed E-state index contributed by atoms with van der Waals surface area (Å²) in [5, 5.41) is 7.93. The number of hydrazone groups is 2. The van der Waals surface area contributed by atoms with Gasteiger partial charge in [-0.05, 0) is 24.0 Å². The molecule has 6 heteroatoms. The van der Waals surface area contributed by atoms with Crippen LogP contribution < -0.4 is 10.9 Å². The molecule has 0 aromatic heterocycles. The zero-order valence-corrected chi connectivity index (χ0v) is 17.3. The molecule has 0 radical (unpaired) electrons. The summed E-state index contributed by atoms with van der Waals surface area (Å²) < 4.78 is 0. The number of carbonyl (C=O) groups is 2. The normalized spacial score (nSPS) is 11.1. The van der Waals surface area contributed by atoms with E-state index in [-0.39, 0.29) is 11.8 Å². The summed E-state index contributed by atoms with van der Waals surface area (Å²) in [6, 6.07) is 19.3. The van der Waals surface area contributed by atoms with Crippen LogP contribution in [0, 0.1) is 0 Å². The minimum Gasteiger partial charge on any atom is -0.273 e. The van der Waals surface area contributed by atoms with Crippen molar-refractivity contribution in [3.8, 4) is 0 Å². The topological polar surface area (TPSA) is 82.9 Å². The molecule has 0 unspecified atom stereocenters. The number of carbonyl (C=O) groups excluding carboxylic acids is 2. The number of hydrogen-bond donors (Lipinski definition) is 2. The van der Waals surface area contributed by atoms with Crippen LogP contribution in [0.25, 0.3) is 0 Å². The first-order chi connectivity index (χ1) is 14.7. The minimum absolute atomic E-state index is 0.0603. The van der Waals surface area contributed by atoms with Gasteiger partial charge in [0, 0.05) is 12.8 Å². The standard InChI is InChI=1S/C24H30N4O2/c29-23(27-25-19-21-13-7-5-8-14-21)17-11-3-1-2-4-12-18-24(30)28-26-20-22-15-9-6-10-16-22/h5-10,13-16,19-20H,1-4,11-12,17-18H2,(H,27,29)(H,28,30). The van der Waals surface area contributed by atoms with E-state index in [0.29, 0.717) is 12.8 Å². The average molecular weight is 407 g/mol. The average Bonchev–Trinajstić information content (AvgIpc) is 2.77. The van der Waals surface area contributed by atoms with Gasteiger partial charge in [-0.3, -0.25) is 9.59 Å². The fraction of sp³-hybridized carbons (Fsp3) is 0.333. The third-order valence-electron chi connectivity index (χ3n) is 4.46. The maximum absolute atomic E-state index is 11.7. The highest BCUT2D eigenvalue weighted by Gasteiger charge is 2.01. The Hall–Kier alpha value is -3.28. The Labute approximate surface area is 178 Å². The van der Waals surface area contributed by atoms with E-state index in [1.807, 2.05) is 60.7 Å². The van der Waals surface area contributed by atoms with Crippen LogP contribution >= 0.6 is 0 Å². The summed E-state index contributed by atoms with van der Waals surface area (Å²) in [7, 11) is 0. The van der Waals surface area contributed by atoms with Gasteiger partial charge in [0.15, 0.2) is 0 Å². The molecule has 158 valence electrons. The number of benzene rings is 2. The van der Waals surface area contributed by atoms with E-state index in [4.69, 9.17) is 0 Å². The third-order valence-corrected chi connectivity index (χ3v) is 4.46. The van der Waals surface area contributed by atoms with Crippen molar-refractivity contribution in [3.63, 3.8) is 0 Å². The molecule has 0 aliphatic rings. The lowest BCUT2D eigenvalue weighted by molar-refractivity contribution is -0.122. The highest BCUT2D eigenvalue weighted by atomic mass is 16.2. The first-order valence-electron chi connectivity index (χ1n) is 10.5. The molecule has 0 saturated heterocycles. The van der Waals surface area contributed by atoms with Gasteiger partial charge >= 0.3 is 0 Å². The Morgan fingerprint density at radius 2 is 0.967 bits per heavy atom. The fourth-order valence-electron chi connectivity index (χ4n) is 2.83. The van der Waals surface area contributed by atoms with Gasteiger partial charge in [-0.25, -0.2) is 10.9 Å². The van der Waals surface area contributed by atoms with Crippen molar-refractivity contribution in [2.45, 2.75) is 51.4 Å². The van der Waals surface area contributed by atoms with Crippen LogP contribution in [0.15, 0.2) is 70.9 Å². The van der Waals surface area contributed by atoms with Crippen LogP contribution in [0.3, 0.4) is 0 Å². The molecule has 0 bridgehead atoms. The van der Waals surface area contributed by atoms with Gasteiger partial charge in [-0.1, -0.05) is 86.3 Å². The van der Waals surface area contributed by atoms with Gasteiger partial charge in [0.05, 0.1) is 12.4 Å². The van der Waals surface area contributed by atoms with Gasteiger partial charge in [-0.15, -0.1) is 0 Å². The molecule has 0 spiro atoms. The van der Waals surface area contributed by atoms with Gasteiger partial charge in [0.1, 0.15) is 0 Å². The monoisotopic (exact) mass is 406 g/mol. The second-order valence-corrected chi connectivity index (χ2v) is 7.03. The Bertz CT molecular complexity index is 735. The molecule has 0 fully saturated rings. The molecule has 0 aliphatic heterocycles. The van der Waals surface area contributed by atoms with Crippen LogP contribution in [0.1, 0.15) is 62.5 Å². The predicted octanol–water partition coefficient (Wildman–Crippen LogP) is 4.41. The Kier molecular flexibility index (Phi) is 11.3. The van der Waals surface area contributed by atoms with Crippen LogP contribution in [0.4, 0.5) is 0 Å². The van der Waals surface area contributed by atoms with Crippen molar-refractivity contribution >= 4 is 24.2 Å². The molecular formula is C24H30N4O2. The summed E-state index contributed by atoms with van der Waals surface area (Å²) in [5.41, 5.74) is 7.02. The lowest BCUT2D eigenvalue weighted by atomic mass is 10.1. The number of hydrogen-bond acceptors (Lipinski definition) is 4. The first-order valence-corrected chi connectivity index (χ1v) is 10.5. The van der Waals surface area contributed by atoms with Crippen LogP contribution in [-0.2, 0) is 9.59 Å². The summed E-state index contributed by atoms with van der Waals surface area (Å²) in [6.45, 7) is 0. The molecule has 30 heavy (non-hydrogen) atoms. The molecule has 0 aliphatic carbocycles. The first kappa shape index (κ1) is 23.0. The van der Waals surface area contributed by atoms with Crippen LogP contribution in [-0.4, -0.2) is 24.2 Å². The van der Waals surface area contributed by atoms with Gasteiger partial charge in [0.2, 0.25) is 11.8 Å². The molecule has 2 amide bonds. The molecule has 0 heterocycles. The SMILES string of the molecule is O=C(CCCCCCCCC(=O)NN=Cc1ccccc1)NN=Cc1ccccc1. The number of amides is 2. The molecule has 0 saturated carbocycles. The quantitative estimate of drug-likeness (QED) is 0.293. The van der Waals surface area contributed by atoms with Crippen molar-refractivity contribution in [3.05, 3.63) is 71.8 Å². The van der Waals surface area contributed by atoms with E-state index in [9.17, 15) is 9.59 Å². The second kappa shape index (κ2) is 14.7. The van der Waals surface area contributed by atoms with E-state index in [0.717, 1.165) is 49.7 Å². The zero-order valence-electron chi connectivity index (χ0n) is 17.3. The molecular weight excluding hydrogens is 376 g/mol. The lowest BCUT2D eigenvalue weighted by Gasteiger charge is -2.02. The van der Waals surface area contributed by atoms with E-state index >= 15 is 0 Å². The molecule has 2 N–H and O–H groups in total. The maximum atomic E-state index is 11.7. The van der Waals surface area contributed by atoms with E-state index in [1.54, 1.807) is 12.4 Å². The van der Waals surface area contributed by atoms with Crippen molar-refractivity contribution in [1.82, 2.24) is 10.9 Å². The highest BCUT2D eigenvalue weighted by Crippen LogP contribution is 2.08. The largest absolute Gasteiger partial charge is 0.273 e. The van der Waals surface area contributed by atoms with Crippen molar-refractivity contribution in [1.29, 1.82) is 0 Å². The van der Waals surface area contributed by atoms with Gasteiger partial charge in [-0.2, -0.15) is 10.2 Å². The second-order valence-electron chi connectivity index (χ2n) is 7.03. The van der Waals surface area contributed by atoms with Gasteiger partial charge in [0.25, 0.3) is 0 Å². The van der Waals surface area contributed by atoms with E-state index < -0.39 is 0 Å². The summed E-state index contributed by atoms with van der Waals surface area (Å²) in [5.74, 6) is -0.121. The molecule has 2 rings (SSSR count). The minimum atomic E-state index is -0.0603. The van der Waals surface area contributed by atoms with Crippen LogP contribution in [0.5, 0.6) is 0 Å². The highest BCUT2D eigenvalue weighted by molar-refractivity contribution is 5.82. The third kappa shape index (κ3) is 10.9. The summed E-state index contributed by atoms with van der Waals surface area (Å²) in [4.78, 5) is 23.5. The smallest absolute Gasteiger partial charge is 0.240 e. The number of nitrogens with one attached hydrogen (secondary N) is 2. The molecule has 6 nitrogen and oxygen atoms in total. The number of rotatable bonds is 13. The van der Waals surface area contributed by atoms with Crippen LogP contribution in [0.2, 0.25) is 0 Å². The number of unbranched alkanes of at least 4 members (excludes halogenated alkanes) is 5. The maximum Gasteiger partial charge on any atom is 0.240 e. The summed E-state index contributed by atoms with van der Waals surface area (Å²) >= 11 is 0. The Balaban J connectivity index is 1.41. The fourth-order valence-corrected chi connectivity index (χ4v) is 2.83. The Morgan fingerprint density at radius 1 is 0.600 bits per heavy atom. The van der Waals surface area contributed by atoms with E-state index in [1.165, 1.54) is 0 Å². The number of nitrogens with zero attached hydrogens (tertiary/aromatic N) is 2. The Morgan fingerprint density at radius 3 is 1.37 bits per heavy atom. The zero-order chi connectivity index (χ0) is 21.3. The lowest BCUT2D eigenvalue weighted by Crippen LogP contribution is -2.17. The van der Waals surface area contributed by atoms with E-state index in [2.05, 4.69) is 21.1 Å². The summed E-state index contributed by atoms with van der Waals surface area (Å²) in [6.07, 6.45) is 10.1. The van der Waals surface area contributed by atoms with Crippen molar-refractivity contribution < 1.29 is 9.59 Å². The van der Waals surface area contributed by atoms with Gasteiger partial charge < -0.3 is 0 Å².